The number of benzene rings is 1. The molecule has 1 amide bonds. The van der Waals surface area contributed by atoms with Crippen LogP contribution in [0.3, 0.4) is 0 Å². The molecule has 0 aliphatic carbocycles. The number of hydrogen-bond donors (Lipinski definition) is 1. The smallest absolute Gasteiger partial charge is 0.230 e. The first-order valence-corrected chi connectivity index (χ1v) is 10.8. The molecule has 1 aliphatic rings. The van der Waals surface area contributed by atoms with Gasteiger partial charge in [-0.3, -0.25) is 4.79 Å². The Hall–Kier alpha value is -1.87. The lowest BCUT2D eigenvalue weighted by Crippen LogP contribution is -2.36. The van der Waals surface area contributed by atoms with Crippen molar-refractivity contribution in [1.82, 2.24) is 20.1 Å². The normalized spacial score (nSPS) is 19.0. The molecule has 134 valence electrons. The van der Waals surface area contributed by atoms with Gasteiger partial charge in [0, 0.05) is 6.04 Å². The van der Waals surface area contributed by atoms with Crippen molar-refractivity contribution in [3.63, 3.8) is 0 Å². The fourth-order valence-corrected chi connectivity index (χ4v) is 5.19. The maximum atomic E-state index is 12.1. The van der Waals surface area contributed by atoms with Crippen LogP contribution >= 0.6 is 11.8 Å². The van der Waals surface area contributed by atoms with Crippen molar-refractivity contribution >= 4 is 27.5 Å². The SMILES string of the molecule is Cc1nnc(SCC(=O)N[C@H]2CCS(=O)(=O)C2)n1Cc1ccccc1. The Morgan fingerprint density at radius 3 is 2.76 bits per heavy atom. The van der Waals surface area contributed by atoms with Gasteiger partial charge < -0.3 is 9.88 Å². The van der Waals surface area contributed by atoms with Gasteiger partial charge in [-0.05, 0) is 18.9 Å². The second-order valence-corrected chi connectivity index (χ2v) is 9.23. The van der Waals surface area contributed by atoms with Crippen LogP contribution in [0.2, 0.25) is 0 Å². The van der Waals surface area contributed by atoms with Gasteiger partial charge >= 0.3 is 0 Å². The molecule has 1 atom stereocenters. The summed E-state index contributed by atoms with van der Waals surface area (Å²) in [6.45, 7) is 2.52. The van der Waals surface area contributed by atoms with Gasteiger partial charge in [-0.25, -0.2) is 8.42 Å². The average Bonchev–Trinajstić information content (AvgIpc) is 3.09. The van der Waals surface area contributed by atoms with Crippen LogP contribution in [0.15, 0.2) is 35.5 Å². The van der Waals surface area contributed by atoms with E-state index in [2.05, 4.69) is 15.5 Å². The molecule has 1 aromatic heterocycles. The zero-order valence-electron chi connectivity index (χ0n) is 13.9. The molecule has 1 aromatic carbocycles. The highest BCUT2D eigenvalue weighted by molar-refractivity contribution is 7.99. The largest absolute Gasteiger partial charge is 0.352 e. The maximum absolute atomic E-state index is 12.1. The Labute approximate surface area is 151 Å². The van der Waals surface area contributed by atoms with Gasteiger partial charge in [0.15, 0.2) is 15.0 Å². The van der Waals surface area contributed by atoms with Gasteiger partial charge in [0.25, 0.3) is 0 Å². The molecule has 7 nitrogen and oxygen atoms in total. The molecule has 0 unspecified atom stereocenters. The second-order valence-electron chi connectivity index (χ2n) is 6.06. The number of carbonyl (C=O) groups excluding carboxylic acids is 1. The third kappa shape index (κ3) is 4.82. The van der Waals surface area contributed by atoms with Crippen LogP contribution in [0, 0.1) is 6.92 Å². The maximum Gasteiger partial charge on any atom is 0.230 e. The predicted octanol–water partition coefficient (Wildman–Crippen LogP) is 1.03. The van der Waals surface area contributed by atoms with Crippen LogP contribution in [0.1, 0.15) is 17.8 Å². The zero-order chi connectivity index (χ0) is 17.9. The molecule has 0 bridgehead atoms. The summed E-state index contributed by atoms with van der Waals surface area (Å²) in [5.41, 5.74) is 1.13. The monoisotopic (exact) mass is 380 g/mol. The molecular formula is C16H20N4O3S2. The number of thioether (sulfide) groups is 1. The quantitative estimate of drug-likeness (QED) is 0.753. The van der Waals surface area contributed by atoms with E-state index in [1.54, 1.807) is 0 Å². The van der Waals surface area contributed by atoms with Gasteiger partial charge in [-0.2, -0.15) is 0 Å². The first-order chi connectivity index (χ1) is 11.9. The van der Waals surface area contributed by atoms with Crippen molar-refractivity contribution < 1.29 is 13.2 Å². The predicted molar refractivity (Wildman–Crippen MR) is 96.2 cm³/mol. The van der Waals surface area contributed by atoms with Crippen LogP contribution in [0.25, 0.3) is 0 Å². The number of aromatic nitrogens is 3. The van der Waals surface area contributed by atoms with Gasteiger partial charge in [0.1, 0.15) is 5.82 Å². The molecule has 3 rings (SSSR count). The molecule has 0 radical (unpaired) electrons. The minimum Gasteiger partial charge on any atom is -0.352 e. The van der Waals surface area contributed by atoms with Crippen LogP contribution in [0.5, 0.6) is 0 Å². The van der Waals surface area contributed by atoms with Crippen molar-refractivity contribution in [2.24, 2.45) is 0 Å². The standard InChI is InChI=1S/C16H20N4O3S2/c1-12-18-19-16(20(12)9-13-5-3-2-4-6-13)24-10-15(21)17-14-7-8-25(22,23)11-14/h2-6,14H,7-11H2,1H3,(H,17,21)/t14-/m0/s1. The lowest BCUT2D eigenvalue weighted by molar-refractivity contribution is -0.119. The van der Waals surface area contributed by atoms with E-state index in [-0.39, 0.29) is 29.2 Å². The van der Waals surface area contributed by atoms with E-state index in [9.17, 15) is 13.2 Å². The molecule has 1 saturated heterocycles. The van der Waals surface area contributed by atoms with E-state index in [0.29, 0.717) is 18.1 Å². The first kappa shape index (κ1) is 17.9. The van der Waals surface area contributed by atoms with E-state index in [1.807, 2.05) is 41.8 Å². The Kier molecular flexibility index (Phi) is 5.43. The van der Waals surface area contributed by atoms with Gasteiger partial charge in [-0.15, -0.1) is 10.2 Å². The number of hydrogen-bond acceptors (Lipinski definition) is 6. The molecule has 1 aliphatic heterocycles. The fourth-order valence-electron chi connectivity index (χ4n) is 2.72. The van der Waals surface area contributed by atoms with E-state index in [1.165, 1.54) is 11.8 Å². The number of rotatable bonds is 6. The Morgan fingerprint density at radius 1 is 1.32 bits per heavy atom. The van der Waals surface area contributed by atoms with E-state index >= 15 is 0 Å². The summed E-state index contributed by atoms with van der Waals surface area (Å²) < 4.78 is 24.9. The molecule has 0 saturated carbocycles. The van der Waals surface area contributed by atoms with Crippen LogP contribution < -0.4 is 5.32 Å². The zero-order valence-corrected chi connectivity index (χ0v) is 15.5. The number of amides is 1. The molecule has 9 heteroatoms. The molecule has 0 spiro atoms. The molecule has 1 fully saturated rings. The third-order valence-electron chi connectivity index (χ3n) is 4.02. The van der Waals surface area contributed by atoms with Crippen molar-refractivity contribution in [2.45, 2.75) is 31.1 Å². The molecule has 2 heterocycles. The highest BCUT2D eigenvalue weighted by atomic mass is 32.2. The highest BCUT2D eigenvalue weighted by Crippen LogP contribution is 2.19. The van der Waals surface area contributed by atoms with Gasteiger partial charge in [-0.1, -0.05) is 42.1 Å². The first-order valence-electron chi connectivity index (χ1n) is 7.99. The van der Waals surface area contributed by atoms with E-state index < -0.39 is 9.84 Å². The number of aryl methyl sites for hydroxylation is 1. The highest BCUT2D eigenvalue weighted by Gasteiger charge is 2.28. The minimum absolute atomic E-state index is 0.0344. The molecular weight excluding hydrogens is 360 g/mol. The van der Waals surface area contributed by atoms with Gasteiger partial charge in [0.05, 0.1) is 23.8 Å². The molecule has 1 N–H and O–H groups in total. The van der Waals surface area contributed by atoms with Crippen LogP contribution in [-0.2, 0) is 21.2 Å². The van der Waals surface area contributed by atoms with Crippen molar-refractivity contribution in [3.8, 4) is 0 Å². The number of sulfone groups is 1. The lowest BCUT2D eigenvalue weighted by Gasteiger charge is -2.11. The fraction of sp³-hybridized carbons (Fsp3) is 0.438. The number of nitrogens with one attached hydrogen (secondary N) is 1. The number of nitrogens with zero attached hydrogens (tertiary/aromatic N) is 3. The Balaban J connectivity index is 1.57. The van der Waals surface area contributed by atoms with Crippen LogP contribution in [-0.4, -0.2) is 52.4 Å². The lowest BCUT2D eigenvalue weighted by atomic mass is 10.2. The van der Waals surface area contributed by atoms with Crippen molar-refractivity contribution in [3.05, 3.63) is 41.7 Å². The topological polar surface area (TPSA) is 94.0 Å². The summed E-state index contributed by atoms with van der Waals surface area (Å²) >= 11 is 1.31. The number of carbonyl (C=O) groups is 1. The summed E-state index contributed by atoms with van der Waals surface area (Å²) in [7, 11) is -2.99. The third-order valence-corrected chi connectivity index (χ3v) is 6.75. The minimum atomic E-state index is -2.99. The second kappa shape index (κ2) is 7.57. The van der Waals surface area contributed by atoms with Crippen molar-refractivity contribution in [2.75, 3.05) is 17.3 Å². The Bertz CT molecular complexity index is 850. The molecule has 25 heavy (non-hydrogen) atoms. The summed E-state index contributed by atoms with van der Waals surface area (Å²) in [6.07, 6.45) is 0.488. The average molecular weight is 380 g/mol. The van der Waals surface area contributed by atoms with Crippen LogP contribution in [0.4, 0.5) is 0 Å². The van der Waals surface area contributed by atoms with Gasteiger partial charge in [0.2, 0.25) is 5.91 Å². The van der Waals surface area contributed by atoms with Crippen molar-refractivity contribution in [1.29, 1.82) is 0 Å². The van der Waals surface area contributed by atoms with E-state index in [4.69, 9.17) is 0 Å². The summed E-state index contributed by atoms with van der Waals surface area (Å²) in [4.78, 5) is 12.1. The summed E-state index contributed by atoms with van der Waals surface area (Å²) in [5, 5.41) is 11.7. The Morgan fingerprint density at radius 2 is 2.08 bits per heavy atom. The summed E-state index contributed by atoms with van der Waals surface area (Å²) in [6, 6.07) is 9.70. The van der Waals surface area contributed by atoms with E-state index in [0.717, 1.165) is 11.4 Å². The summed E-state index contributed by atoms with van der Waals surface area (Å²) in [5.74, 6) is 0.971. The molecule has 2 aromatic rings.